The molecule has 80 valence electrons. The van der Waals surface area contributed by atoms with Crippen LogP contribution in [0.25, 0.3) is 10.9 Å². The molecule has 0 fully saturated rings. The second-order valence-corrected chi connectivity index (χ2v) is 5.92. The predicted molar refractivity (Wildman–Crippen MR) is 60.5 cm³/mol. The second kappa shape index (κ2) is 3.06. The molecule has 5 heteroatoms. The number of nitrogens with zero attached hydrogens (tertiary/aromatic N) is 2. The fraction of sp³-hybridized carbons (Fsp3) is 0.300. The highest BCUT2D eigenvalue weighted by molar-refractivity contribution is 7.92. The summed E-state index contributed by atoms with van der Waals surface area (Å²) in [7, 11) is -0.885. The van der Waals surface area contributed by atoms with Crippen LogP contribution < -0.4 is 0 Å². The van der Waals surface area contributed by atoms with Crippen LogP contribution in [0.1, 0.15) is 5.56 Å². The molecule has 4 nitrogen and oxygen atoms in total. The summed E-state index contributed by atoms with van der Waals surface area (Å²) in [5.74, 6) is 0. The Bertz CT molecular complexity index is 625. The first-order chi connectivity index (χ1) is 6.89. The molecule has 1 atom stereocenters. The Hall–Kier alpha value is -1.36. The monoisotopic (exact) mass is 223 g/mol. The number of rotatable bonds is 1. The lowest BCUT2D eigenvalue weighted by Gasteiger charge is -2.03. The highest BCUT2D eigenvalue weighted by Crippen LogP contribution is 2.24. The van der Waals surface area contributed by atoms with Crippen LogP contribution >= 0.6 is 0 Å². The summed E-state index contributed by atoms with van der Waals surface area (Å²) in [6.07, 6.45) is 3.31. The lowest BCUT2D eigenvalue weighted by Crippen LogP contribution is -1.97. The summed E-state index contributed by atoms with van der Waals surface area (Å²) in [6.45, 7) is 1.98. The Labute approximate surface area is 88.9 Å². The van der Waals surface area contributed by atoms with Crippen molar-refractivity contribution in [3.05, 3.63) is 23.9 Å². The maximum Gasteiger partial charge on any atom is 0.110 e. The third-order valence-corrected chi connectivity index (χ3v) is 3.56. The van der Waals surface area contributed by atoms with Gasteiger partial charge in [0.05, 0.1) is 14.6 Å². The van der Waals surface area contributed by atoms with Gasteiger partial charge in [-0.05, 0) is 18.6 Å². The lowest BCUT2D eigenvalue weighted by molar-refractivity contribution is 0.679. The molecule has 0 radical (unpaired) electrons. The minimum atomic E-state index is -2.71. The van der Waals surface area contributed by atoms with Crippen LogP contribution in [0.4, 0.5) is 0 Å². The van der Waals surface area contributed by atoms with E-state index < -0.39 is 9.73 Å². The van der Waals surface area contributed by atoms with Crippen molar-refractivity contribution in [3.8, 4) is 0 Å². The number of benzene rings is 1. The Balaban J connectivity index is 2.95. The normalized spacial score (nSPS) is 15.4. The molecule has 0 saturated carbocycles. The standard InChI is InChI=1S/C10H13N3OS/c1-7-4-5-9(15(3,11)14)10-8(7)6-13(2)12-10/h4-6,11H,1-3H3. The van der Waals surface area contributed by atoms with Gasteiger partial charge in [0.2, 0.25) is 0 Å². The number of nitrogens with one attached hydrogen (secondary N) is 1. The van der Waals surface area contributed by atoms with Gasteiger partial charge >= 0.3 is 0 Å². The van der Waals surface area contributed by atoms with Gasteiger partial charge in [-0.2, -0.15) is 5.10 Å². The van der Waals surface area contributed by atoms with E-state index in [1.54, 1.807) is 10.7 Å². The zero-order chi connectivity index (χ0) is 11.2. The lowest BCUT2D eigenvalue weighted by atomic mass is 10.1. The summed E-state index contributed by atoms with van der Waals surface area (Å²) >= 11 is 0. The number of aromatic nitrogens is 2. The van der Waals surface area contributed by atoms with Gasteiger partial charge in [-0.3, -0.25) is 4.68 Å². The van der Waals surface area contributed by atoms with Gasteiger partial charge in [0.15, 0.2) is 0 Å². The van der Waals surface area contributed by atoms with Crippen LogP contribution in [0, 0.1) is 11.7 Å². The minimum Gasteiger partial charge on any atom is -0.275 e. The number of aryl methyl sites for hydroxylation is 2. The van der Waals surface area contributed by atoms with Crippen LogP contribution in [0.5, 0.6) is 0 Å². The van der Waals surface area contributed by atoms with Crippen molar-refractivity contribution in [2.24, 2.45) is 7.05 Å². The van der Waals surface area contributed by atoms with Crippen molar-refractivity contribution in [2.45, 2.75) is 11.8 Å². The molecule has 15 heavy (non-hydrogen) atoms. The fourth-order valence-electron chi connectivity index (χ4n) is 1.64. The highest BCUT2D eigenvalue weighted by atomic mass is 32.2. The molecule has 0 bridgehead atoms. The summed E-state index contributed by atoms with van der Waals surface area (Å²) < 4.78 is 21.0. The number of hydrogen-bond donors (Lipinski definition) is 1. The van der Waals surface area contributed by atoms with Crippen molar-refractivity contribution in [2.75, 3.05) is 6.26 Å². The van der Waals surface area contributed by atoms with Crippen LogP contribution in [-0.2, 0) is 16.8 Å². The molecule has 1 N–H and O–H groups in total. The molecule has 0 amide bonds. The molecule has 0 aliphatic carbocycles. The molecule has 0 spiro atoms. The molecule has 2 aromatic rings. The van der Waals surface area contributed by atoms with Gasteiger partial charge < -0.3 is 0 Å². The van der Waals surface area contributed by atoms with E-state index in [-0.39, 0.29) is 0 Å². The van der Waals surface area contributed by atoms with E-state index in [1.165, 1.54) is 6.26 Å². The van der Waals surface area contributed by atoms with Crippen LogP contribution in [-0.4, -0.2) is 20.2 Å². The molecule has 1 aromatic carbocycles. The van der Waals surface area contributed by atoms with E-state index in [9.17, 15) is 4.21 Å². The zero-order valence-electron chi connectivity index (χ0n) is 8.94. The maximum atomic E-state index is 11.7. The largest absolute Gasteiger partial charge is 0.275 e. The van der Waals surface area contributed by atoms with Crippen molar-refractivity contribution < 1.29 is 4.21 Å². The first-order valence-electron chi connectivity index (χ1n) is 4.56. The Morgan fingerprint density at radius 3 is 2.73 bits per heavy atom. The number of hydrogen-bond acceptors (Lipinski definition) is 3. The van der Waals surface area contributed by atoms with Gasteiger partial charge in [-0.1, -0.05) is 6.07 Å². The average molecular weight is 223 g/mol. The summed E-state index contributed by atoms with van der Waals surface area (Å²) in [4.78, 5) is 0.517. The smallest absolute Gasteiger partial charge is 0.110 e. The van der Waals surface area contributed by atoms with E-state index in [2.05, 4.69) is 5.10 Å². The average Bonchev–Trinajstić information content (AvgIpc) is 2.45. The van der Waals surface area contributed by atoms with Crippen molar-refractivity contribution in [1.29, 1.82) is 4.78 Å². The second-order valence-electron chi connectivity index (χ2n) is 3.79. The Morgan fingerprint density at radius 2 is 2.13 bits per heavy atom. The van der Waals surface area contributed by atoms with Crippen molar-refractivity contribution >= 4 is 20.6 Å². The van der Waals surface area contributed by atoms with Gasteiger partial charge in [-0.25, -0.2) is 8.99 Å². The first kappa shape index (κ1) is 10.2. The van der Waals surface area contributed by atoms with E-state index >= 15 is 0 Å². The molecule has 1 unspecified atom stereocenters. The molecular weight excluding hydrogens is 210 g/mol. The SMILES string of the molecule is Cc1ccc(S(C)(=N)=O)c2nn(C)cc12. The maximum absolute atomic E-state index is 11.7. The summed E-state index contributed by atoms with van der Waals surface area (Å²) in [6, 6.07) is 3.62. The molecule has 1 heterocycles. The molecular formula is C10H13N3OS. The van der Waals surface area contributed by atoms with Crippen molar-refractivity contribution in [3.63, 3.8) is 0 Å². The van der Waals surface area contributed by atoms with Gasteiger partial charge in [-0.15, -0.1) is 0 Å². The van der Waals surface area contributed by atoms with Crippen LogP contribution in [0.2, 0.25) is 0 Å². The van der Waals surface area contributed by atoms with E-state index in [1.807, 2.05) is 26.2 Å². The molecule has 0 aliphatic rings. The molecule has 0 aliphatic heterocycles. The third kappa shape index (κ3) is 1.63. The Morgan fingerprint density at radius 1 is 1.47 bits per heavy atom. The summed E-state index contributed by atoms with van der Waals surface area (Å²) in [5, 5.41) is 5.23. The van der Waals surface area contributed by atoms with Gasteiger partial charge in [0.1, 0.15) is 5.52 Å². The third-order valence-electron chi connectivity index (χ3n) is 2.39. The first-order valence-corrected chi connectivity index (χ1v) is 6.53. The fourth-order valence-corrected chi connectivity index (χ4v) is 2.49. The predicted octanol–water partition coefficient (Wildman–Crippen LogP) is 1.92. The van der Waals surface area contributed by atoms with E-state index in [4.69, 9.17) is 4.78 Å². The Kier molecular flexibility index (Phi) is 2.08. The van der Waals surface area contributed by atoms with E-state index in [0.717, 1.165) is 10.9 Å². The topological polar surface area (TPSA) is 58.7 Å². The zero-order valence-corrected chi connectivity index (χ0v) is 9.76. The van der Waals surface area contributed by atoms with Crippen LogP contribution in [0.3, 0.4) is 0 Å². The quantitative estimate of drug-likeness (QED) is 0.803. The molecule has 1 aromatic heterocycles. The summed E-state index contributed by atoms with van der Waals surface area (Å²) in [5.41, 5.74) is 1.77. The van der Waals surface area contributed by atoms with Crippen molar-refractivity contribution in [1.82, 2.24) is 9.78 Å². The van der Waals surface area contributed by atoms with E-state index in [0.29, 0.717) is 10.4 Å². The highest BCUT2D eigenvalue weighted by Gasteiger charge is 2.12. The minimum absolute atomic E-state index is 0.517. The van der Waals surface area contributed by atoms with Gasteiger partial charge in [0.25, 0.3) is 0 Å². The number of fused-ring (bicyclic) bond motifs is 1. The van der Waals surface area contributed by atoms with Crippen LogP contribution in [0.15, 0.2) is 23.2 Å². The molecule has 2 rings (SSSR count). The molecule has 0 saturated heterocycles. The van der Waals surface area contributed by atoms with Gasteiger partial charge in [0, 0.05) is 24.9 Å².